The number of azide groups is 1. The summed E-state index contributed by atoms with van der Waals surface area (Å²) >= 11 is 5.96. The Hall–Kier alpha value is -2.82. The minimum Gasteiger partial charge on any atom is -0.267 e. The van der Waals surface area contributed by atoms with Gasteiger partial charge in [0.05, 0.1) is 5.71 Å². The van der Waals surface area contributed by atoms with Crippen molar-refractivity contribution in [1.82, 2.24) is 5.43 Å². The normalized spacial score (nSPS) is 10.9. The Morgan fingerprint density at radius 3 is 2.72 bits per heavy atom. The lowest BCUT2D eigenvalue weighted by Gasteiger charge is -2.08. The predicted molar refractivity (Wildman–Crippen MR) is 99.9 cm³/mol. The molecule has 0 fully saturated rings. The fourth-order valence-electron chi connectivity index (χ4n) is 2.27. The van der Waals surface area contributed by atoms with Crippen molar-refractivity contribution >= 4 is 23.2 Å². The SMILES string of the molecule is Cc1ccc(Cl)cc1C(=O)NN=C(CCCN=[N+]=[N-])c1ccccc1. The summed E-state index contributed by atoms with van der Waals surface area (Å²) in [6, 6.07) is 14.7. The van der Waals surface area contributed by atoms with Crippen LogP contribution in [0.4, 0.5) is 0 Å². The average Bonchev–Trinajstić information content (AvgIpc) is 2.63. The predicted octanol–water partition coefficient (Wildman–Crippen LogP) is 4.87. The number of carbonyl (C=O) groups is 1. The number of hydrogen-bond donors (Lipinski definition) is 1. The maximum atomic E-state index is 12.4. The largest absolute Gasteiger partial charge is 0.271 e. The van der Waals surface area contributed by atoms with E-state index >= 15 is 0 Å². The highest BCUT2D eigenvalue weighted by Gasteiger charge is 2.10. The molecule has 6 nitrogen and oxygen atoms in total. The summed E-state index contributed by atoms with van der Waals surface area (Å²) in [6.45, 7) is 2.22. The van der Waals surface area contributed by atoms with Gasteiger partial charge in [-0.1, -0.05) is 53.1 Å². The first kappa shape index (κ1) is 18.5. The number of benzene rings is 2. The van der Waals surface area contributed by atoms with Crippen LogP contribution in [0.15, 0.2) is 58.7 Å². The lowest BCUT2D eigenvalue weighted by molar-refractivity contribution is 0.0954. The molecule has 0 unspecified atom stereocenters. The van der Waals surface area contributed by atoms with Crippen LogP contribution in [0.2, 0.25) is 5.02 Å². The van der Waals surface area contributed by atoms with Gasteiger partial charge < -0.3 is 0 Å². The van der Waals surface area contributed by atoms with E-state index in [4.69, 9.17) is 17.1 Å². The maximum Gasteiger partial charge on any atom is 0.271 e. The molecule has 2 rings (SSSR count). The third-order valence-electron chi connectivity index (χ3n) is 3.58. The van der Waals surface area contributed by atoms with Gasteiger partial charge in [-0.05, 0) is 48.6 Å². The van der Waals surface area contributed by atoms with Crippen molar-refractivity contribution in [3.63, 3.8) is 0 Å². The fourth-order valence-corrected chi connectivity index (χ4v) is 2.45. The number of rotatable bonds is 7. The van der Waals surface area contributed by atoms with Crippen LogP contribution in [0.5, 0.6) is 0 Å². The van der Waals surface area contributed by atoms with E-state index in [2.05, 4.69) is 20.6 Å². The Labute approximate surface area is 151 Å². The van der Waals surface area contributed by atoms with E-state index in [1.165, 1.54) is 0 Å². The molecule has 0 spiro atoms. The van der Waals surface area contributed by atoms with Gasteiger partial charge in [0.15, 0.2) is 0 Å². The second kappa shape index (κ2) is 9.47. The van der Waals surface area contributed by atoms with Gasteiger partial charge in [-0.3, -0.25) is 4.79 Å². The van der Waals surface area contributed by atoms with Gasteiger partial charge in [-0.15, -0.1) is 0 Å². The Morgan fingerprint density at radius 1 is 1.24 bits per heavy atom. The monoisotopic (exact) mass is 355 g/mol. The van der Waals surface area contributed by atoms with E-state index in [1.807, 2.05) is 37.3 Å². The summed E-state index contributed by atoms with van der Waals surface area (Å²) in [5.74, 6) is -0.316. The highest BCUT2D eigenvalue weighted by atomic mass is 35.5. The zero-order chi connectivity index (χ0) is 18.1. The van der Waals surface area contributed by atoms with Crippen LogP contribution in [0, 0.1) is 6.92 Å². The summed E-state index contributed by atoms with van der Waals surface area (Å²) < 4.78 is 0. The van der Waals surface area contributed by atoms with Crippen molar-refractivity contribution in [1.29, 1.82) is 0 Å². The second-order valence-corrected chi connectivity index (χ2v) is 5.82. The maximum absolute atomic E-state index is 12.4. The van der Waals surface area contributed by atoms with Crippen molar-refractivity contribution in [2.45, 2.75) is 19.8 Å². The molecule has 0 atom stereocenters. The summed E-state index contributed by atoms with van der Waals surface area (Å²) in [7, 11) is 0. The van der Waals surface area contributed by atoms with Gasteiger partial charge in [0.25, 0.3) is 5.91 Å². The van der Waals surface area contributed by atoms with E-state index in [9.17, 15) is 4.79 Å². The Bertz CT molecular complexity index is 813. The summed E-state index contributed by atoms with van der Waals surface area (Å²) in [6.07, 6.45) is 1.22. The number of nitrogens with one attached hydrogen (secondary N) is 1. The molecule has 1 N–H and O–H groups in total. The number of amides is 1. The van der Waals surface area contributed by atoms with Gasteiger partial charge in [0, 0.05) is 22.0 Å². The van der Waals surface area contributed by atoms with Gasteiger partial charge in [0.2, 0.25) is 0 Å². The summed E-state index contributed by atoms with van der Waals surface area (Å²) in [5, 5.41) is 8.30. The fraction of sp³-hybridized carbons (Fsp3) is 0.222. The van der Waals surface area contributed by atoms with Crippen molar-refractivity contribution in [2.24, 2.45) is 10.2 Å². The average molecular weight is 356 g/mol. The van der Waals surface area contributed by atoms with E-state index < -0.39 is 0 Å². The summed E-state index contributed by atoms with van der Waals surface area (Å²) in [4.78, 5) is 15.1. The van der Waals surface area contributed by atoms with Crippen LogP contribution in [-0.2, 0) is 0 Å². The molecule has 128 valence electrons. The van der Waals surface area contributed by atoms with Crippen molar-refractivity contribution in [2.75, 3.05) is 6.54 Å². The lowest BCUT2D eigenvalue weighted by atomic mass is 10.1. The molecule has 1 amide bonds. The number of nitrogens with zero attached hydrogens (tertiary/aromatic N) is 4. The molecule has 2 aromatic rings. The minimum atomic E-state index is -0.316. The molecular formula is C18H18ClN5O. The topological polar surface area (TPSA) is 90.2 Å². The molecule has 0 saturated carbocycles. The molecule has 0 aliphatic heterocycles. The Morgan fingerprint density at radius 2 is 2.00 bits per heavy atom. The van der Waals surface area contributed by atoms with Crippen LogP contribution in [-0.4, -0.2) is 18.2 Å². The van der Waals surface area contributed by atoms with Crippen LogP contribution in [0.3, 0.4) is 0 Å². The molecule has 0 aromatic heterocycles. The van der Waals surface area contributed by atoms with Gasteiger partial charge in [-0.2, -0.15) is 5.10 Å². The van der Waals surface area contributed by atoms with Crippen LogP contribution >= 0.6 is 11.6 Å². The Balaban J connectivity index is 2.17. The number of aryl methyl sites for hydroxylation is 1. The molecule has 0 bridgehead atoms. The first-order valence-electron chi connectivity index (χ1n) is 7.81. The molecule has 2 aromatic carbocycles. The van der Waals surface area contributed by atoms with Crippen LogP contribution in [0.25, 0.3) is 10.4 Å². The summed E-state index contributed by atoms with van der Waals surface area (Å²) in [5.41, 5.74) is 13.9. The van der Waals surface area contributed by atoms with E-state index in [0.29, 0.717) is 30.0 Å². The molecular weight excluding hydrogens is 338 g/mol. The highest BCUT2D eigenvalue weighted by Crippen LogP contribution is 2.15. The number of hydrogen-bond acceptors (Lipinski definition) is 3. The third-order valence-corrected chi connectivity index (χ3v) is 3.81. The minimum absolute atomic E-state index is 0.316. The third kappa shape index (κ3) is 5.64. The lowest BCUT2D eigenvalue weighted by Crippen LogP contribution is -2.21. The molecule has 0 aliphatic rings. The molecule has 0 radical (unpaired) electrons. The van der Waals surface area contributed by atoms with E-state index in [0.717, 1.165) is 16.8 Å². The molecule has 25 heavy (non-hydrogen) atoms. The molecule has 0 heterocycles. The van der Waals surface area contributed by atoms with Crippen molar-refractivity contribution in [3.05, 3.63) is 80.7 Å². The first-order chi connectivity index (χ1) is 12.1. The zero-order valence-corrected chi connectivity index (χ0v) is 14.6. The molecule has 7 heteroatoms. The quantitative estimate of drug-likeness (QED) is 0.188. The van der Waals surface area contributed by atoms with Crippen molar-refractivity contribution in [3.8, 4) is 0 Å². The number of hydrazone groups is 1. The highest BCUT2D eigenvalue weighted by molar-refractivity contribution is 6.31. The number of halogens is 1. The van der Waals surface area contributed by atoms with Crippen LogP contribution in [0.1, 0.15) is 34.3 Å². The Kier molecular flexibility index (Phi) is 7.01. The number of carbonyl (C=O) groups excluding carboxylic acids is 1. The van der Waals surface area contributed by atoms with Gasteiger partial charge in [0.1, 0.15) is 0 Å². The zero-order valence-electron chi connectivity index (χ0n) is 13.8. The van der Waals surface area contributed by atoms with Gasteiger partial charge >= 0.3 is 0 Å². The first-order valence-corrected chi connectivity index (χ1v) is 8.19. The standard InChI is InChI=1S/C18H18ClN5O/c1-13-9-10-15(19)12-16(13)18(25)23-22-17(8-5-11-21-24-20)14-6-3-2-4-7-14/h2-4,6-7,9-10,12H,5,8,11H2,1H3,(H,23,25). The van der Waals surface area contributed by atoms with Gasteiger partial charge in [-0.25, -0.2) is 5.43 Å². The van der Waals surface area contributed by atoms with E-state index in [-0.39, 0.29) is 5.91 Å². The second-order valence-electron chi connectivity index (χ2n) is 5.38. The van der Waals surface area contributed by atoms with Crippen molar-refractivity contribution < 1.29 is 4.79 Å². The van der Waals surface area contributed by atoms with Crippen LogP contribution < -0.4 is 5.43 Å². The molecule has 0 aliphatic carbocycles. The van der Waals surface area contributed by atoms with E-state index in [1.54, 1.807) is 18.2 Å². The molecule has 0 saturated heterocycles. The smallest absolute Gasteiger partial charge is 0.267 e.